The van der Waals surface area contributed by atoms with Gasteiger partial charge in [0.2, 0.25) is 0 Å². The number of carbonyl (C=O) groups is 1. The zero-order valence-corrected chi connectivity index (χ0v) is 12.0. The Morgan fingerprint density at radius 1 is 1.10 bits per heavy atom. The SMILES string of the molecule is N/C(=N/O)C1(NC(=O)NC2CCCCC2)CCCCC1. The predicted molar refractivity (Wildman–Crippen MR) is 77.8 cm³/mol. The number of nitrogens with two attached hydrogens (primary N) is 1. The van der Waals surface area contributed by atoms with E-state index in [0.717, 1.165) is 44.9 Å². The molecule has 0 saturated heterocycles. The van der Waals surface area contributed by atoms with Crippen molar-refractivity contribution in [3.05, 3.63) is 0 Å². The van der Waals surface area contributed by atoms with Crippen molar-refractivity contribution in [3.63, 3.8) is 0 Å². The molecular weight excluding hydrogens is 256 g/mol. The maximum atomic E-state index is 12.2. The van der Waals surface area contributed by atoms with Crippen LogP contribution in [0, 0.1) is 0 Å². The van der Waals surface area contributed by atoms with Crippen LogP contribution in [0.1, 0.15) is 64.2 Å². The van der Waals surface area contributed by atoms with Crippen molar-refractivity contribution in [2.24, 2.45) is 10.9 Å². The molecule has 114 valence electrons. The number of amides is 2. The number of nitrogens with zero attached hydrogens (tertiary/aromatic N) is 1. The van der Waals surface area contributed by atoms with Gasteiger partial charge in [-0.25, -0.2) is 4.79 Å². The fourth-order valence-electron chi connectivity index (χ4n) is 3.38. The molecular formula is C14H26N4O2. The van der Waals surface area contributed by atoms with Gasteiger partial charge in [0.25, 0.3) is 0 Å². The van der Waals surface area contributed by atoms with E-state index in [1.807, 2.05) is 0 Å². The summed E-state index contributed by atoms with van der Waals surface area (Å²) >= 11 is 0. The van der Waals surface area contributed by atoms with Crippen LogP contribution < -0.4 is 16.4 Å². The smallest absolute Gasteiger partial charge is 0.315 e. The summed E-state index contributed by atoms with van der Waals surface area (Å²) in [7, 11) is 0. The fraction of sp³-hybridized carbons (Fsp3) is 0.857. The molecule has 0 aromatic rings. The van der Waals surface area contributed by atoms with E-state index in [1.165, 1.54) is 19.3 Å². The lowest BCUT2D eigenvalue weighted by atomic mass is 9.81. The summed E-state index contributed by atoms with van der Waals surface area (Å²) in [6.45, 7) is 0. The summed E-state index contributed by atoms with van der Waals surface area (Å²) in [5.74, 6) is 0.121. The monoisotopic (exact) mass is 282 g/mol. The van der Waals surface area contributed by atoms with Gasteiger partial charge >= 0.3 is 6.03 Å². The third-order valence-corrected chi connectivity index (χ3v) is 4.60. The maximum Gasteiger partial charge on any atom is 0.315 e. The fourth-order valence-corrected chi connectivity index (χ4v) is 3.38. The Morgan fingerprint density at radius 2 is 1.70 bits per heavy atom. The van der Waals surface area contributed by atoms with Crippen LogP contribution in [0.2, 0.25) is 0 Å². The molecule has 0 radical (unpaired) electrons. The molecule has 0 unspecified atom stereocenters. The molecule has 0 aliphatic heterocycles. The number of carbonyl (C=O) groups excluding carboxylic acids is 1. The van der Waals surface area contributed by atoms with Crippen molar-refractivity contribution < 1.29 is 10.0 Å². The van der Waals surface area contributed by atoms with E-state index in [4.69, 9.17) is 10.9 Å². The highest BCUT2D eigenvalue weighted by molar-refractivity contribution is 5.93. The van der Waals surface area contributed by atoms with E-state index < -0.39 is 5.54 Å². The van der Waals surface area contributed by atoms with Gasteiger partial charge in [-0.3, -0.25) is 0 Å². The number of hydrogen-bond acceptors (Lipinski definition) is 3. The highest BCUT2D eigenvalue weighted by atomic mass is 16.4. The quantitative estimate of drug-likeness (QED) is 0.276. The first kappa shape index (κ1) is 14.9. The Hall–Kier alpha value is -1.46. The van der Waals surface area contributed by atoms with Gasteiger partial charge in [-0.15, -0.1) is 0 Å². The Bertz CT molecular complexity index is 358. The zero-order chi connectivity index (χ0) is 14.4. The molecule has 6 nitrogen and oxygen atoms in total. The lowest BCUT2D eigenvalue weighted by molar-refractivity contribution is 0.215. The van der Waals surface area contributed by atoms with Gasteiger partial charge in [0.15, 0.2) is 5.84 Å². The summed E-state index contributed by atoms with van der Waals surface area (Å²) in [5.41, 5.74) is 5.15. The maximum absolute atomic E-state index is 12.2. The minimum atomic E-state index is -0.675. The van der Waals surface area contributed by atoms with Gasteiger partial charge in [0.05, 0.1) is 0 Å². The molecule has 2 fully saturated rings. The molecule has 0 aromatic heterocycles. The molecule has 5 N–H and O–H groups in total. The van der Waals surface area contributed by atoms with Gasteiger partial charge in [0, 0.05) is 6.04 Å². The minimum Gasteiger partial charge on any atom is -0.409 e. The standard InChI is InChI=1S/C14H26N4O2/c15-12(18-20)14(9-5-2-6-10-14)17-13(19)16-11-7-3-1-4-8-11/h11,20H,1-10H2,(H2,15,18)(H2,16,17,19). The zero-order valence-electron chi connectivity index (χ0n) is 12.0. The van der Waals surface area contributed by atoms with Crippen molar-refractivity contribution >= 4 is 11.9 Å². The third kappa shape index (κ3) is 3.55. The first-order chi connectivity index (χ1) is 9.66. The summed E-state index contributed by atoms with van der Waals surface area (Å²) in [4.78, 5) is 12.2. The van der Waals surface area contributed by atoms with Gasteiger partial charge in [-0.1, -0.05) is 43.7 Å². The van der Waals surface area contributed by atoms with Gasteiger partial charge in [-0.2, -0.15) is 0 Å². The second kappa shape index (κ2) is 6.81. The molecule has 20 heavy (non-hydrogen) atoms. The van der Waals surface area contributed by atoms with Gasteiger partial charge in [0.1, 0.15) is 5.54 Å². The number of nitrogens with one attached hydrogen (secondary N) is 2. The molecule has 0 atom stereocenters. The number of rotatable bonds is 3. The van der Waals surface area contributed by atoms with E-state index >= 15 is 0 Å². The molecule has 0 aromatic carbocycles. The second-order valence-electron chi connectivity index (χ2n) is 6.06. The summed E-state index contributed by atoms with van der Waals surface area (Å²) in [6.07, 6.45) is 10.3. The second-order valence-corrected chi connectivity index (χ2v) is 6.06. The Balaban J connectivity index is 1.94. The lowest BCUT2D eigenvalue weighted by Crippen LogP contribution is -2.61. The van der Waals surface area contributed by atoms with Crippen molar-refractivity contribution in [2.45, 2.75) is 75.8 Å². The first-order valence-electron chi connectivity index (χ1n) is 7.73. The third-order valence-electron chi connectivity index (χ3n) is 4.60. The Labute approximate surface area is 120 Å². The molecule has 2 aliphatic rings. The lowest BCUT2D eigenvalue weighted by Gasteiger charge is -2.37. The van der Waals surface area contributed by atoms with Crippen LogP contribution in [0.5, 0.6) is 0 Å². The van der Waals surface area contributed by atoms with Crippen LogP contribution in [0.4, 0.5) is 4.79 Å². The summed E-state index contributed by atoms with van der Waals surface area (Å²) < 4.78 is 0. The first-order valence-corrected chi connectivity index (χ1v) is 7.73. The topological polar surface area (TPSA) is 99.7 Å². The number of oxime groups is 1. The van der Waals surface area contributed by atoms with Crippen molar-refractivity contribution in [2.75, 3.05) is 0 Å². The molecule has 2 rings (SSSR count). The molecule has 0 spiro atoms. The number of hydrogen-bond donors (Lipinski definition) is 4. The Kier molecular flexibility index (Phi) is 5.09. The van der Waals surface area contributed by atoms with Crippen LogP contribution >= 0.6 is 0 Å². The van der Waals surface area contributed by atoms with Crippen LogP contribution in [-0.4, -0.2) is 28.7 Å². The molecule has 0 heterocycles. The van der Waals surface area contributed by atoms with Crippen molar-refractivity contribution in [1.29, 1.82) is 0 Å². The Morgan fingerprint density at radius 3 is 2.30 bits per heavy atom. The van der Waals surface area contributed by atoms with Gasteiger partial charge < -0.3 is 21.6 Å². The molecule has 2 amide bonds. The average molecular weight is 282 g/mol. The minimum absolute atomic E-state index is 0.121. The van der Waals surface area contributed by atoms with Crippen molar-refractivity contribution in [3.8, 4) is 0 Å². The van der Waals surface area contributed by atoms with Crippen LogP contribution in [0.3, 0.4) is 0 Å². The molecule has 2 saturated carbocycles. The molecule has 0 bridgehead atoms. The number of amidine groups is 1. The molecule has 6 heteroatoms. The van der Waals surface area contributed by atoms with E-state index in [9.17, 15) is 4.79 Å². The average Bonchev–Trinajstić information content (AvgIpc) is 2.48. The van der Waals surface area contributed by atoms with E-state index in [2.05, 4.69) is 15.8 Å². The van der Waals surface area contributed by atoms with Gasteiger partial charge in [-0.05, 0) is 25.7 Å². The van der Waals surface area contributed by atoms with Crippen molar-refractivity contribution in [1.82, 2.24) is 10.6 Å². The van der Waals surface area contributed by atoms with Crippen LogP contribution in [-0.2, 0) is 0 Å². The summed E-state index contributed by atoms with van der Waals surface area (Å²) in [6, 6.07) is 0.0714. The van der Waals surface area contributed by atoms with E-state index in [1.54, 1.807) is 0 Å². The van der Waals surface area contributed by atoms with E-state index in [0.29, 0.717) is 0 Å². The summed E-state index contributed by atoms with van der Waals surface area (Å²) in [5, 5.41) is 18.1. The van der Waals surface area contributed by atoms with E-state index in [-0.39, 0.29) is 17.9 Å². The highest BCUT2D eigenvalue weighted by Gasteiger charge is 2.38. The number of urea groups is 1. The highest BCUT2D eigenvalue weighted by Crippen LogP contribution is 2.28. The predicted octanol–water partition coefficient (Wildman–Crippen LogP) is 2.07. The normalized spacial score (nSPS) is 24.1. The van der Waals surface area contributed by atoms with Crippen LogP contribution in [0.15, 0.2) is 5.16 Å². The molecule has 2 aliphatic carbocycles. The largest absolute Gasteiger partial charge is 0.409 e. The van der Waals surface area contributed by atoms with Crippen LogP contribution in [0.25, 0.3) is 0 Å².